The van der Waals surface area contributed by atoms with Crippen LogP contribution in [0.1, 0.15) is 0 Å². The van der Waals surface area contributed by atoms with E-state index in [1.165, 1.54) is 0 Å². The molecule has 0 fully saturated rings. The van der Waals surface area contributed by atoms with Crippen molar-refractivity contribution < 1.29 is 4.79 Å². The maximum absolute atomic E-state index is 9.76. The van der Waals surface area contributed by atoms with Gasteiger partial charge in [-0.25, -0.2) is 11.6 Å². The van der Waals surface area contributed by atoms with Crippen LogP contribution in [0.15, 0.2) is 0 Å². The normalized spacial score (nSPS) is 7.67. The van der Waals surface area contributed by atoms with Gasteiger partial charge in [-0.05, 0) is 0 Å². The molecule has 0 saturated carbocycles. The molecule has 0 rings (SSSR count). The summed E-state index contributed by atoms with van der Waals surface area (Å²) in [6.07, 6.45) is 0. The largest absolute Gasteiger partial charge is 0.293 e. The summed E-state index contributed by atoms with van der Waals surface area (Å²) >= 11 is 0. The molecule has 1 amide bonds. The Bertz CT molecular complexity index is 46.8. The number of hydrazine groups is 1. The number of amides is 1. The summed E-state index contributed by atoms with van der Waals surface area (Å²) < 4.78 is 0. The van der Waals surface area contributed by atoms with Crippen molar-refractivity contribution in [2.75, 3.05) is 6.54 Å². The average molecular weight is 88.1 g/mol. The zero-order chi connectivity index (χ0) is 4.99. The van der Waals surface area contributed by atoms with Crippen LogP contribution >= 0.6 is 0 Å². The number of carbonyl (C=O) groups excluding carboxylic acids is 1. The van der Waals surface area contributed by atoms with E-state index >= 15 is 0 Å². The van der Waals surface area contributed by atoms with Crippen molar-refractivity contribution in [1.29, 1.82) is 0 Å². The molecule has 6 heavy (non-hydrogen) atoms. The monoisotopic (exact) mass is 88.1 g/mol. The summed E-state index contributed by atoms with van der Waals surface area (Å²) in [4.78, 5) is 9.76. The molecule has 0 aliphatic rings. The predicted octanol–water partition coefficient (Wildman–Crippen LogP) is -1.74. The fourth-order valence-electron chi connectivity index (χ4n) is 0.0510. The van der Waals surface area contributed by atoms with E-state index in [2.05, 4.69) is 5.84 Å². The molecule has 0 atom stereocenters. The quantitative estimate of drug-likeness (QED) is 0.227. The smallest absolute Gasteiger partial charge is 0.249 e. The first-order valence-corrected chi connectivity index (χ1v) is 1.45. The summed E-state index contributed by atoms with van der Waals surface area (Å²) in [5, 5.41) is 0. The summed E-state index contributed by atoms with van der Waals surface area (Å²) in [5.41, 5.74) is 8.10. The lowest BCUT2D eigenvalue weighted by Crippen LogP contribution is -2.32. The first-order valence-electron chi connectivity index (χ1n) is 1.45. The zero-order valence-electron chi connectivity index (χ0n) is 3.19. The van der Waals surface area contributed by atoms with Crippen molar-refractivity contribution in [3.05, 3.63) is 0 Å². The molecular weight excluding hydrogens is 82.0 g/mol. The minimum absolute atomic E-state index is 0.295. The minimum atomic E-state index is -0.463. The van der Waals surface area contributed by atoms with E-state index in [0.29, 0.717) is 0 Å². The van der Waals surface area contributed by atoms with Crippen LogP contribution in [-0.2, 0) is 4.79 Å². The van der Waals surface area contributed by atoms with E-state index in [1.54, 1.807) is 5.43 Å². The Morgan fingerprint density at radius 2 is 2.50 bits per heavy atom. The number of hydrogen-bond donors (Lipinski definition) is 2. The lowest BCUT2D eigenvalue weighted by atomic mass is 10.7. The molecular formula is C2H6N3O. The molecule has 4 nitrogen and oxygen atoms in total. The molecule has 0 aliphatic heterocycles. The van der Waals surface area contributed by atoms with Crippen LogP contribution in [0.4, 0.5) is 0 Å². The Morgan fingerprint density at radius 1 is 2.00 bits per heavy atom. The van der Waals surface area contributed by atoms with Gasteiger partial charge in [-0.3, -0.25) is 10.2 Å². The van der Waals surface area contributed by atoms with Crippen molar-refractivity contribution in [2.24, 2.45) is 5.84 Å². The first-order chi connectivity index (χ1) is 2.81. The van der Waals surface area contributed by atoms with Gasteiger partial charge in [0.1, 0.15) is 0 Å². The summed E-state index contributed by atoms with van der Waals surface area (Å²) in [5.74, 6) is 4.10. The van der Waals surface area contributed by atoms with Crippen LogP contribution in [0.25, 0.3) is 0 Å². The van der Waals surface area contributed by atoms with Crippen molar-refractivity contribution in [3.63, 3.8) is 0 Å². The van der Waals surface area contributed by atoms with Gasteiger partial charge >= 0.3 is 0 Å². The number of carbonyl (C=O) groups is 1. The van der Waals surface area contributed by atoms with Crippen molar-refractivity contribution in [3.8, 4) is 0 Å². The van der Waals surface area contributed by atoms with E-state index in [9.17, 15) is 4.79 Å². The van der Waals surface area contributed by atoms with Crippen LogP contribution < -0.4 is 17.0 Å². The maximum atomic E-state index is 9.76. The topological polar surface area (TPSA) is 78.9 Å². The Kier molecular flexibility index (Phi) is 2.35. The highest BCUT2D eigenvalue weighted by Gasteiger charge is 1.86. The summed E-state index contributed by atoms with van der Waals surface area (Å²) in [6.45, 7) is -0.295. The zero-order valence-corrected chi connectivity index (χ0v) is 3.19. The van der Waals surface area contributed by atoms with Crippen LogP contribution in [0, 0.1) is 0 Å². The van der Waals surface area contributed by atoms with Crippen molar-refractivity contribution in [2.45, 2.75) is 0 Å². The van der Waals surface area contributed by atoms with Gasteiger partial charge in [0.15, 0.2) is 0 Å². The molecule has 0 aromatic carbocycles. The number of rotatable bonds is 1. The second-order valence-electron chi connectivity index (χ2n) is 0.744. The molecule has 1 radical (unpaired) electrons. The molecule has 0 aromatic rings. The van der Waals surface area contributed by atoms with E-state index < -0.39 is 5.91 Å². The Morgan fingerprint density at radius 3 is 2.50 bits per heavy atom. The van der Waals surface area contributed by atoms with Gasteiger partial charge in [0.05, 0.1) is 6.54 Å². The van der Waals surface area contributed by atoms with Gasteiger partial charge in [0.25, 0.3) is 0 Å². The fraction of sp³-hybridized carbons (Fsp3) is 0.500. The molecule has 4 heteroatoms. The Labute approximate surface area is 35.5 Å². The van der Waals surface area contributed by atoms with Crippen LogP contribution in [0.3, 0.4) is 0 Å². The highest BCUT2D eigenvalue weighted by Crippen LogP contribution is 1.47. The lowest BCUT2D eigenvalue weighted by molar-refractivity contribution is -0.119. The first kappa shape index (κ1) is 5.39. The highest BCUT2D eigenvalue weighted by atomic mass is 16.2. The third kappa shape index (κ3) is 1.68. The molecule has 0 heterocycles. The van der Waals surface area contributed by atoms with Crippen molar-refractivity contribution >= 4 is 5.91 Å². The molecule has 0 bridgehead atoms. The predicted molar refractivity (Wildman–Crippen MR) is 20.3 cm³/mol. The van der Waals surface area contributed by atoms with Gasteiger partial charge in [0.2, 0.25) is 5.91 Å². The van der Waals surface area contributed by atoms with E-state index in [1.807, 2.05) is 0 Å². The van der Waals surface area contributed by atoms with E-state index in [-0.39, 0.29) is 6.54 Å². The van der Waals surface area contributed by atoms with Gasteiger partial charge in [-0.2, -0.15) is 0 Å². The number of nitrogens with two attached hydrogens (primary N) is 1. The maximum Gasteiger partial charge on any atom is 0.249 e. The van der Waals surface area contributed by atoms with Gasteiger partial charge in [0, 0.05) is 0 Å². The second-order valence-corrected chi connectivity index (χ2v) is 0.744. The third-order valence-corrected chi connectivity index (χ3v) is 0.322. The Balaban J connectivity index is 2.99. The SMILES string of the molecule is [NH]CC(=O)NN. The molecule has 4 N–H and O–H groups in total. The van der Waals surface area contributed by atoms with Crippen molar-refractivity contribution in [1.82, 2.24) is 11.2 Å². The molecule has 0 unspecified atom stereocenters. The molecule has 0 aromatic heterocycles. The third-order valence-electron chi connectivity index (χ3n) is 0.322. The second kappa shape index (κ2) is 2.62. The number of hydrogen-bond acceptors (Lipinski definition) is 2. The molecule has 0 saturated heterocycles. The molecule has 35 valence electrons. The van der Waals surface area contributed by atoms with E-state index in [0.717, 1.165) is 0 Å². The number of nitrogens with one attached hydrogen (secondary N) is 2. The van der Waals surface area contributed by atoms with Gasteiger partial charge < -0.3 is 0 Å². The summed E-state index contributed by atoms with van der Waals surface area (Å²) in [6, 6.07) is 0. The van der Waals surface area contributed by atoms with Crippen LogP contribution in [0.5, 0.6) is 0 Å². The lowest BCUT2D eigenvalue weighted by Gasteiger charge is -1.86. The van der Waals surface area contributed by atoms with Crippen LogP contribution in [-0.4, -0.2) is 12.5 Å². The standard InChI is InChI=1S/C2H6N3O/c3-1-2(6)5-4/h3H,1,4H2,(H,5,6). The Hall–Kier alpha value is -0.610. The highest BCUT2D eigenvalue weighted by molar-refractivity contribution is 5.76. The van der Waals surface area contributed by atoms with Gasteiger partial charge in [-0.15, -0.1) is 0 Å². The fourth-order valence-corrected chi connectivity index (χ4v) is 0.0510. The van der Waals surface area contributed by atoms with E-state index in [4.69, 9.17) is 5.73 Å². The summed E-state index contributed by atoms with van der Waals surface area (Å²) in [7, 11) is 0. The van der Waals surface area contributed by atoms with Gasteiger partial charge in [-0.1, -0.05) is 0 Å². The molecule has 0 aliphatic carbocycles. The molecule has 0 spiro atoms. The van der Waals surface area contributed by atoms with Crippen LogP contribution in [0.2, 0.25) is 0 Å². The minimum Gasteiger partial charge on any atom is -0.293 e. The average Bonchev–Trinajstić information content (AvgIpc) is 1.65.